The van der Waals surface area contributed by atoms with E-state index in [1.165, 1.54) is 31.1 Å². The third kappa shape index (κ3) is 4.80. The molecule has 0 radical (unpaired) electrons. The molecule has 2 aromatic rings. The summed E-state index contributed by atoms with van der Waals surface area (Å²) in [7, 11) is 1.30. The van der Waals surface area contributed by atoms with Gasteiger partial charge in [0, 0.05) is 45.1 Å². The SMILES string of the molecule is COC(=O)c1ccncc1C(=O)N1CCN(CC=Cc2ccccc2)CC1. The average molecular weight is 365 g/mol. The Balaban J connectivity index is 1.56. The number of amides is 1. The normalized spacial score (nSPS) is 15.1. The Kier molecular flexibility index (Phi) is 6.33. The second-order valence-electron chi connectivity index (χ2n) is 6.32. The summed E-state index contributed by atoms with van der Waals surface area (Å²) in [5.74, 6) is -0.701. The molecule has 1 amide bonds. The number of piperazine rings is 1. The number of carbonyl (C=O) groups is 2. The second kappa shape index (κ2) is 9.09. The van der Waals surface area contributed by atoms with E-state index in [-0.39, 0.29) is 11.5 Å². The van der Waals surface area contributed by atoms with Gasteiger partial charge in [-0.2, -0.15) is 0 Å². The van der Waals surface area contributed by atoms with Gasteiger partial charge in [-0.25, -0.2) is 4.79 Å². The van der Waals surface area contributed by atoms with E-state index >= 15 is 0 Å². The highest BCUT2D eigenvalue weighted by molar-refractivity contribution is 6.05. The van der Waals surface area contributed by atoms with Crippen molar-refractivity contribution in [3.05, 3.63) is 71.6 Å². The number of rotatable bonds is 5. The fraction of sp³-hybridized carbons (Fsp3) is 0.286. The zero-order valence-corrected chi connectivity index (χ0v) is 15.4. The summed E-state index contributed by atoms with van der Waals surface area (Å²) in [5.41, 5.74) is 1.73. The van der Waals surface area contributed by atoms with Gasteiger partial charge < -0.3 is 9.64 Å². The quantitative estimate of drug-likeness (QED) is 0.761. The molecular weight excluding hydrogens is 342 g/mol. The average Bonchev–Trinajstić information content (AvgIpc) is 2.74. The van der Waals surface area contributed by atoms with Gasteiger partial charge in [0.05, 0.1) is 18.2 Å². The molecule has 6 heteroatoms. The zero-order valence-electron chi connectivity index (χ0n) is 15.4. The van der Waals surface area contributed by atoms with Crippen LogP contribution in [0.4, 0.5) is 0 Å². The largest absolute Gasteiger partial charge is 0.465 e. The lowest BCUT2D eigenvalue weighted by atomic mass is 10.1. The number of nitrogens with zero attached hydrogens (tertiary/aromatic N) is 3. The van der Waals surface area contributed by atoms with E-state index in [2.05, 4.69) is 34.2 Å². The van der Waals surface area contributed by atoms with Crippen LogP contribution in [0.2, 0.25) is 0 Å². The molecule has 0 N–H and O–H groups in total. The Morgan fingerprint density at radius 3 is 2.52 bits per heavy atom. The molecule has 0 spiro atoms. The van der Waals surface area contributed by atoms with Gasteiger partial charge in [-0.1, -0.05) is 42.5 Å². The Morgan fingerprint density at radius 2 is 1.81 bits per heavy atom. The van der Waals surface area contributed by atoms with Crippen LogP contribution in [-0.2, 0) is 4.74 Å². The Hall–Kier alpha value is -2.99. The molecule has 0 saturated carbocycles. The number of aromatic nitrogens is 1. The van der Waals surface area contributed by atoms with Gasteiger partial charge in [0.1, 0.15) is 0 Å². The first-order valence-electron chi connectivity index (χ1n) is 8.94. The second-order valence-corrected chi connectivity index (χ2v) is 6.32. The number of hydrogen-bond donors (Lipinski definition) is 0. The molecule has 140 valence electrons. The minimum absolute atomic E-state index is 0.178. The van der Waals surface area contributed by atoms with E-state index in [9.17, 15) is 9.59 Å². The first-order valence-corrected chi connectivity index (χ1v) is 8.94. The Labute approximate surface area is 159 Å². The van der Waals surface area contributed by atoms with Crippen molar-refractivity contribution in [3.8, 4) is 0 Å². The van der Waals surface area contributed by atoms with Crippen molar-refractivity contribution in [2.24, 2.45) is 0 Å². The molecule has 27 heavy (non-hydrogen) atoms. The van der Waals surface area contributed by atoms with Crippen molar-refractivity contribution in [3.63, 3.8) is 0 Å². The van der Waals surface area contributed by atoms with Crippen LogP contribution < -0.4 is 0 Å². The van der Waals surface area contributed by atoms with E-state index in [1.807, 2.05) is 18.2 Å². The number of benzene rings is 1. The number of pyridine rings is 1. The van der Waals surface area contributed by atoms with Gasteiger partial charge in [0.15, 0.2) is 0 Å². The molecule has 6 nitrogen and oxygen atoms in total. The van der Waals surface area contributed by atoms with Crippen LogP contribution in [-0.4, -0.2) is 66.5 Å². The Morgan fingerprint density at radius 1 is 1.07 bits per heavy atom. The zero-order chi connectivity index (χ0) is 19.1. The summed E-state index contributed by atoms with van der Waals surface area (Å²) in [6.45, 7) is 3.66. The third-order valence-electron chi connectivity index (χ3n) is 4.59. The summed E-state index contributed by atoms with van der Waals surface area (Å²) >= 11 is 0. The van der Waals surface area contributed by atoms with Crippen molar-refractivity contribution in [1.29, 1.82) is 0 Å². The lowest BCUT2D eigenvalue weighted by Crippen LogP contribution is -2.48. The molecule has 1 aromatic carbocycles. The smallest absolute Gasteiger partial charge is 0.338 e. The van der Waals surface area contributed by atoms with Gasteiger partial charge in [-0.05, 0) is 11.6 Å². The van der Waals surface area contributed by atoms with Crippen LogP contribution in [0.3, 0.4) is 0 Å². The number of hydrogen-bond acceptors (Lipinski definition) is 5. The molecule has 0 atom stereocenters. The molecule has 1 saturated heterocycles. The summed E-state index contributed by atoms with van der Waals surface area (Å²) in [6.07, 6.45) is 7.17. The number of carbonyl (C=O) groups excluding carboxylic acids is 2. The maximum atomic E-state index is 12.8. The molecule has 1 aromatic heterocycles. The lowest BCUT2D eigenvalue weighted by molar-refractivity contribution is 0.0576. The molecule has 1 fully saturated rings. The maximum absolute atomic E-state index is 12.8. The molecule has 0 unspecified atom stereocenters. The van der Waals surface area contributed by atoms with Crippen molar-refractivity contribution < 1.29 is 14.3 Å². The topological polar surface area (TPSA) is 62.7 Å². The van der Waals surface area contributed by atoms with Crippen molar-refractivity contribution in [2.45, 2.75) is 0 Å². The molecule has 2 heterocycles. The summed E-state index contributed by atoms with van der Waals surface area (Å²) in [6, 6.07) is 11.7. The third-order valence-corrected chi connectivity index (χ3v) is 4.59. The first kappa shape index (κ1) is 18.8. The fourth-order valence-electron chi connectivity index (χ4n) is 3.06. The molecular formula is C21H23N3O3. The molecule has 0 aliphatic carbocycles. The first-order chi connectivity index (χ1) is 13.2. The maximum Gasteiger partial charge on any atom is 0.338 e. The van der Waals surface area contributed by atoms with Gasteiger partial charge in [0.2, 0.25) is 0 Å². The van der Waals surface area contributed by atoms with E-state index in [0.29, 0.717) is 18.7 Å². The number of methoxy groups -OCH3 is 1. The molecule has 0 bridgehead atoms. The van der Waals surface area contributed by atoms with Gasteiger partial charge in [-0.3, -0.25) is 14.7 Å². The summed E-state index contributed by atoms with van der Waals surface area (Å²) in [5, 5.41) is 0. The number of esters is 1. The van der Waals surface area contributed by atoms with Gasteiger partial charge in [-0.15, -0.1) is 0 Å². The van der Waals surface area contributed by atoms with E-state index in [4.69, 9.17) is 4.74 Å². The van der Waals surface area contributed by atoms with Crippen molar-refractivity contribution in [2.75, 3.05) is 39.8 Å². The van der Waals surface area contributed by atoms with Crippen LogP contribution in [0.5, 0.6) is 0 Å². The van der Waals surface area contributed by atoms with Crippen LogP contribution in [0.1, 0.15) is 26.3 Å². The highest BCUT2D eigenvalue weighted by Gasteiger charge is 2.25. The van der Waals surface area contributed by atoms with E-state index < -0.39 is 5.97 Å². The van der Waals surface area contributed by atoms with E-state index in [1.54, 1.807) is 4.90 Å². The lowest BCUT2D eigenvalue weighted by Gasteiger charge is -2.34. The van der Waals surface area contributed by atoms with Crippen molar-refractivity contribution >= 4 is 18.0 Å². The standard InChI is InChI=1S/C21H23N3O3/c1-27-21(26)18-9-10-22-16-19(18)20(25)24-14-12-23(13-15-24)11-5-8-17-6-3-2-4-7-17/h2-10,16H,11-15H2,1H3. The summed E-state index contributed by atoms with van der Waals surface area (Å²) in [4.78, 5) is 32.7. The molecule has 3 rings (SSSR count). The van der Waals surface area contributed by atoms with Crippen LogP contribution in [0.15, 0.2) is 54.9 Å². The van der Waals surface area contributed by atoms with Crippen molar-refractivity contribution in [1.82, 2.24) is 14.8 Å². The highest BCUT2D eigenvalue weighted by Crippen LogP contribution is 2.14. The highest BCUT2D eigenvalue weighted by atomic mass is 16.5. The number of ether oxygens (including phenoxy) is 1. The van der Waals surface area contributed by atoms with Gasteiger partial charge >= 0.3 is 5.97 Å². The van der Waals surface area contributed by atoms with Gasteiger partial charge in [0.25, 0.3) is 5.91 Å². The monoisotopic (exact) mass is 365 g/mol. The predicted octanol–water partition coefficient (Wildman–Crippen LogP) is 2.34. The van der Waals surface area contributed by atoms with Crippen LogP contribution >= 0.6 is 0 Å². The summed E-state index contributed by atoms with van der Waals surface area (Å²) < 4.78 is 4.76. The predicted molar refractivity (Wildman–Crippen MR) is 103 cm³/mol. The molecule has 1 aliphatic rings. The minimum atomic E-state index is -0.523. The fourth-order valence-corrected chi connectivity index (χ4v) is 3.06. The van der Waals surface area contributed by atoms with Crippen LogP contribution in [0, 0.1) is 0 Å². The molecule has 1 aliphatic heterocycles. The minimum Gasteiger partial charge on any atom is -0.465 e. The van der Waals surface area contributed by atoms with E-state index in [0.717, 1.165) is 19.6 Å². The Bertz CT molecular complexity index is 812. The van der Waals surface area contributed by atoms with Crippen LogP contribution in [0.25, 0.3) is 6.08 Å².